The number of para-hydroxylation sites is 1. The summed E-state index contributed by atoms with van der Waals surface area (Å²) in [6, 6.07) is 5.91. The number of sulfonamides is 1. The number of hydrogen-bond acceptors (Lipinski definition) is 4. The first-order chi connectivity index (χ1) is 11.9. The smallest absolute Gasteiger partial charge is 0.260 e. The largest absolute Gasteiger partial charge is 0.481 e. The third-order valence-electron chi connectivity index (χ3n) is 4.14. The molecule has 1 heterocycles. The molecule has 0 spiro atoms. The summed E-state index contributed by atoms with van der Waals surface area (Å²) in [6.45, 7) is 3.20. The molecule has 25 heavy (non-hydrogen) atoms. The van der Waals surface area contributed by atoms with E-state index in [1.807, 2.05) is 6.92 Å². The lowest BCUT2D eigenvalue weighted by Crippen LogP contribution is -2.39. The van der Waals surface area contributed by atoms with Crippen LogP contribution in [0.3, 0.4) is 0 Å². The number of hydrogen-bond donors (Lipinski definition) is 0. The average molecular weight is 372 g/mol. The number of carbonyl (C=O) groups excluding carboxylic acids is 1. The number of amides is 1. The minimum absolute atomic E-state index is 0.0365. The maximum atomic E-state index is 13.5. The van der Waals surface area contributed by atoms with Crippen LogP contribution in [-0.4, -0.2) is 62.1 Å². The highest BCUT2D eigenvalue weighted by Crippen LogP contribution is 2.16. The molecule has 8 heteroatoms. The molecule has 0 aliphatic carbocycles. The molecular weight excluding hydrogens is 347 g/mol. The van der Waals surface area contributed by atoms with Crippen LogP contribution >= 0.6 is 0 Å². The van der Waals surface area contributed by atoms with E-state index in [9.17, 15) is 17.6 Å². The van der Waals surface area contributed by atoms with Gasteiger partial charge in [0.15, 0.2) is 18.2 Å². The summed E-state index contributed by atoms with van der Waals surface area (Å²) in [4.78, 5) is 13.9. The van der Waals surface area contributed by atoms with E-state index in [-0.39, 0.29) is 30.6 Å². The Kier molecular flexibility index (Phi) is 7.19. The van der Waals surface area contributed by atoms with Gasteiger partial charge in [-0.25, -0.2) is 17.1 Å². The lowest BCUT2D eigenvalue weighted by Gasteiger charge is -2.22. The molecule has 0 aromatic heterocycles. The van der Waals surface area contributed by atoms with Gasteiger partial charge in [0.2, 0.25) is 10.0 Å². The summed E-state index contributed by atoms with van der Waals surface area (Å²) >= 11 is 0. The second kappa shape index (κ2) is 9.15. The Hall–Kier alpha value is -1.67. The van der Waals surface area contributed by atoms with Crippen molar-refractivity contribution < 1.29 is 22.3 Å². The fourth-order valence-corrected chi connectivity index (χ4v) is 4.35. The first kappa shape index (κ1) is 19.7. The SMILES string of the molecule is CCCCS(=O)(=O)N1CCCN(C(=O)COc2ccccc2F)CC1. The van der Waals surface area contributed by atoms with Crippen molar-refractivity contribution in [2.45, 2.75) is 26.2 Å². The number of rotatable bonds is 7. The lowest BCUT2D eigenvalue weighted by molar-refractivity contribution is -0.133. The van der Waals surface area contributed by atoms with Crippen molar-refractivity contribution >= 4 is 15.9 Å². The van der Waals surface area contributed by atoms with Crippen LogP contribution in [0.1, 0.15) is 26.2 Å². The second-order valence-corrected chi connectivity index (χ2v) is 8.11. The zero-order chi connectivity index (χ0) is 18.3. The van der Waals surface area contributed by atoms with E-state index in [0.717, 1.165) is 6.42 Å². The fourth-order valence-electron chi connectivity index (χ4n) is 2.67. The minimum atomic E-state index is -3.26. The van der Waals surface area contributed by atoms with E-state index in [2.05, 4.69) is 0 Å². The van der Waals surface area contributed by atoms with Crippen molar-refractivity contribution in [3.8, 4) is 5.75 Å². The van der Waals surface area contributed by atoms with Gasteiger partial charge in [0.1, 0.15) is 0 Å². The van der Waals surface area contributed by atoms with Crippen LogP contribution in [-0.2, 0) is 14.8 Å². The Morgan fingerprint density at radius 2 is 1.96 bits per heavy atom. The minimum Gasteiger partial charge on any atom is -0.481 e. The van der Waals surface area contributed by atoms with Crippen LogP contribution in [0, 0.1) is 5.82 Å². The maximum absolute atomic E-state index is 13.5. The Morgan fingerprint density at radius 3 is 2.68 bits per heavy atom. The first-order valence-electron chi connectivity index (χ1n) is 8.57. The Labute approximate surface area is 148 Å². The maximum Gasteiger partial charge on any atom is 0.260 e. The predicted molar refractivity (Wildman–Crippen MR) is 93.4 cm³/mol. The number of halogens is 1. The molecule has 0 atom stereocenters. The summed E-state index contributed by atoms with van der Waals surface area (Å²) in [6.07, 6.45) is 2.04. The van der Waals surface area contributed by atoms with Gasteiger partial charge < -0.3 is 9.64 Å². The fraction of sp³-hybridized carbons (Fsp3) is 0.588. The van der Waals surface area contributed by atoms with Crippen LogP contribution in [0.4, 0.5) is 4.39 Å². The summed E-state index contributed by atoms with van der Waals surface area (Å²) in [5.41, 5.74) is 0. The molecule has 1 aliphatic heterocycles. The molecule has 1 aromatic rings. The number of benzene rings is 1. The van der Waals surface area contributed by atoms with Gasteiger partial charge in [-0.15, -0.1) is 0 Å². The zero-order valence-corrected chi connectivity index (χ0v) is 15.3. The lowest BCUT2D eigenvalue weighted by atomic mass is 10.3. The zero-order valence-electron chi connectivity index (χ0n) is 14.5. The summed E-state index contributed by atoms with van der Waals surface area (Å²) in [7, 11) is -3.26. The normalized spacial score (nSPS) is 16.5. The van der Waals surface area contributed by atoms with Crippen LogP contribution in [0.2, 0.25) is 0 Å². The first-order valence-corrected chi connectivity index (χ1v) is 10.2. The van der Waals surface area contributed by atoms with Crippen molar-refractivity contribution in [2.75, 3.05) is 38.5 Å². The molecule has 1 fully saturated rings. The molecule has 1 aliphatic rings. The Balaban J connectivity index is 1.87. The van der Waals surface area contributed by atoms with Gasteiger partial charge in [0.25, 0.3) is 5.91 Å². The quantitative estimate of drug-likeness (QED) is 0.733. The van der Waals surface area contributed by atoms with Gasteiger partial charge in [0.05, 0.1) is 5.75 Å². The van der Waals surface area contributed by atoms with Crippen LogP contribution in [0.25, 0.3) is 0 Å². The standard InChI is InChI=1S/C17H25FN2O4S/c1-2-3-13-25(22,23)20-10-6-9-19(11-12-20)17(21)14-24-16-8-5-4-7-15(16)18/h4-5,7-8H,2-3,6,9-14H2,1H3. The molecule has 2 rings (SSSR count). The van der Waals surface area contributed by atoms with E-state index in [0.29, 0.717) is 32.5 Å². The van der Waals surface area contributed by atoms with Gasteiger partial charge in [-0.3, -0.25) is 4.79 Å². The third kappa shape index (κ3) is 5.67. The summed E-state index contributed by atoms with van der Waals surface area (Å²) < 4.78 is 44.8. The number of carbonyl (C=O) groups is 1. The van der Waals surface area contributed by atoms with E-state index in [1.165, 1.54) is 16.4 Å². The number of unbranched alkanes of at least 4 members (excludes halogenated alkanes) is 1. The van der Waals surface area contributed by atoms with Gasteiger partial charge in [-0.05, 0) is 25.0 Å². The monoisotopic (exact) mass is 372 g/mol. The highest BCUT2D eigenvalue weighted by Gasteiger charge is 2.26. The Bertz CT molecular complexity index is 681. The predicted octanol–water partition coefficient (Wildman–Crippen LogP) is 1.87. The molecule has 0 unspecified atom stereocenters. The molecule has 0 saturated carbocycles. The van der Waals surface area contributed by atoms with Crippen LogP contribution < -0.4 is 4.74 Å². The topological polar surface area (TPSA) is 66.9 Å². The molecule has 0 N–H and O–H groups in total. The molecule has 0 radical (unpaired) electrons. The molecule has 1 aromatic carbocycles. The second-order valence-electron chi connectivity index (χ2n) is 6.02. The van der Waals surface area contributed by atoms with Crippen LogP contribution in [0.15, 0.2) is 24.3 Å². The molecule has 6 nitrogen and oxygen atoms in total. The van der Waals surface area contributed by atoms with Gasteiger partial charge in [0, 0.05) is 26.2 Å². The van der Waals surface area contributed by atoms with E-state index in [4.69, 9.17) is 4.74 Å². The van der Waals surface area contributed by atoms with Crippen molar-refractivity contribution in [1.82, 2.24) is 9.21 Å². The highest BCUT2D eigenvalue weighted by molar-refractivity contribution is 7.89. The van der Waals surface area contributed by atoms with Gasteiger partial charge >= 0.3 is 0 Å². The van der Waals surface area contributed by atoms with Crippen molar-refractivity contribution in [1.29, 1.82) is 0 Å². The van der Waals surface area contributed by atoms with Crippen molar-refractivity contribution in [2.24, 2.45) is 0 Å². The number of nitrogens with zero attached hydrogens (tertiary/aromatic N) is 2. The van der Waals surface area contributed by atoms with Crippen molar-refractivity contribution in [3.05, 3.63) is 30.1 Å². The Morgan fingerprint density at radius 1 is 1.20 bits per heavy atom. The average Bonchev–Trinajstić information content (AvgIpc) is 2.86. The third-order valence-corrected chi connectivity index (χ3v) is 6.10. The molecule has 1 saturated heterocycles. The molecule has 1 amide bonds. The van der Waals surface area contributed by atoms with E-state index < -0.39 is 15.8 Å². The van der Waals surface area contributed by atoms with Gasteiger partial charge in [-0.2, -0.15) is 0 Å². The molecule has 0 bridgehead atoms. The van der Waals surface area contributed by atoms with E-state index in [1.54, 1.807) is 17.0 Å². The number of ether oxygens (including phenoxy) is 1. The van der Waals surface area contributed by atoms with Crippen molar-refractivity contribution in [3.63, 3.8) is 0 Å². The highest BCUT2D eigenvalue weighted by atomic mass is 32.2. The molecule has 140 valence electrons. The summed E-state index contributed by atoms with van der Waals surface area (Å²) in [5.74, 6) is -0.599. The van der Waals surface area contributed by atoms with Crippen LogP contribution in [0.5, 0.6) is 5.75 Å². The molecular formula is C17H25FN2O4S. The summed E-state index contributed by atoms with van der Waals surface area (Å²) in [5, 5.41) is 0. The van der Waals surface area contributed by atoms with E-state index >= 15 is 0 Å². The van der Waals surface area contributed by atoms with Gasteiger partial charge in [-0.1, -0.05) is 25.5 Å².